The molecule has 0 atom stereocenters. The number of likely N-dealkylation sites (tertiary alicyclic amines) is 4. The van der Waals surface area contributed by atoms with E-state index in [1.54, 1.807) is 140 Å². The normalized spacial score (nSPS) is 13.3. The van der Waals surface area contributed by atoms with E-state index in [4.69, 9.17) is 0 Å². The molecular weight excluding hydrogens is 1800 g/mol. The standard InChI is InChI=1S/C15H23FN2O.C15H24N2O.C14H19FN2O.C14H23N3O.C14H20N2O.C13H22N4O.C13H19N3O.C12H18N4O/c1-5-6-9-17(3)11-15(19)18(4)13-8-7-12(2)14(16)10-13;1-5-6-11-16(3)12-15(18)17(4)14-9-7-13(2)8-10-14;1-11-5-6-12(9-13(11)15)16(2)14(18)10-17-7-3-4-8-17;1-5-6-9-16(3)11-14(18)17(4)13-8-7-12(2)15-10-13;1-12-5-7-13(8-6-12)15(2)14(17)11-16-9-3-4-10-16;1-5-6-7-16(3)10-13(18)17(4)12-8-14-11(2)15-9-12;1-11-5-6-12(9-14-11)15(2)13(17)10-16-7-3-4-8-16;1-10-13-7-11(8-14-10)15(2)12(17)9-16-5-3-4-6-16/h7-8,10H,5-6,9,11H2,1-4H3;7-10H,5-6,11-12H2,1-4H3;5-6,9H,3-4,7-8,10H2,1-2H3;7-8,10H,5-6,9,11H2,1-4H3;5-8H,3-4,9-11H2,1-2H3;8-9H,5-7,10H2,1-4H3;5-6,9H,3-4,7-8,10H2,1-2H3;7-8H,3-6,9H2,1-2H3. The molecule has 30 nitrogen and oxygen atoms in total. The molecule has 4 fully saturated rings. The van der Waals surface area contributed by atoms with Gasteiger partial charge in [0.1, 0.15) is 23.3 Å². The van der Waals surface area contributed by atoms with Crippen LogP contribution in [0.3, 0.4) is 0 Å². The summed E-state index contributed by atoms with van der Waals surface area (Å²) in [7, 11) is 22.1. The molecule has 780 valence electrons. The molecule has 4 aliphatic heterocycles. The molecule has 8 aromatic rings. The van der Waals surface area contributed by atoms with Gasteiger partial charge in [0.15, 0.2) is 0 Å². The van der Waals surface area contributed by atoms with Crippen LogP contribution in [0.2, 0.25) is 0 Å². The first kappa shape index (κ1) is 121. The Balaban J connectivity index is 0.000000286. The van der Waals surface area contributed by atoms with Crippen molar-refractivity contribution in [3.63, 3.8) is 0 Å². The topological polar surface area (TPSA) is 266 Å². The van der Waals surface area contributed by atoms with Crippen LogP contribution in [0.15, 0.2) is 146 Å². The number of likely N-dealkylation sites (N-methyl/N-ethyl adjacent to an activating group) is 12. The molecule has 0 bridgehead atoms. The number of rotatable bonds is 36. The molecular formula is C110H168F2N22O8. The van der Waals surface area contributed by atoms with Crippen LogP contribution in [0.5, 0.6) is 0 Å². The number of aromatic nitrogens is 6. The Kier molecular flexibility index (Phi) is 56.1. The van der Waals surface area contributed by atoms with Gasteiger partial charge in [-0.3, -0.25) is 87.5 Å². The number of hydrogen-bond donors (Lipinski definition) is 0. The lowest BCUT2D eigenvalue weighted by Gasteiger charge is -2.22. The summed E-state index contributed by atoms with van der Waals surface area (Å²) < 4.78 is 26.9. The molecule has 4 aromatic heterocycles. The smallest absolute Gasteiger partial charge is 0.240 e. The molecule has 142 heavy (non-hydrogen) atoms. The van der Waals surface area contributed by atoms with E-state index in [0.29, 0.717) is 86.5 Å². The highest BCUT2D eigenvalue weighted by Crippen LogP contribution is 2.24. The van der Waals surface area contributed by atoms with Crippen LogP contribution in [0.1, 0.15) is 176 Å². The minimum absolute atomic E-state index is 0.0140. The van der Waals surface area contributed by atoms with E-state index in [9.17, 15) is 47.1 Å². The Morgan fingerprint density at radius 3 is 0.711 bits per heavy atom. The van der Waals surface area contributed by atoms with Crippen molar-refractivity contribution in [1.29, 1.82) is 0 Å². The van der Waals surface area contributed by atoms with Crippen LogP contribution in [0.25, 0.3) is 0 Å². The zero-order chi connectivity index (χ0) is 105. The van der Waals surface area contributed by atoms with Crippen LogP contribution in [-0.4, -0.2) is 332 Å². The highest BCUT2D eigenvalue weighted by atomic mass is 19.1. The average Bonchev–Trinajstić information content (AvgIpc) is 1.26. The summed E-state index contributed by atoms with van der Waals surface area (Å²) in [5.74, 6) is 1.56. The van der Waals surface area contributed by atoms with Crippen LogP contribution >= 0.6 is 0 Å². The first-order valence-electron chi connectivity index (χ1n) is 50.5. The molecule has 4 saturated heterocycles. The highest BCUT2D eigenvalue weighted by molar-refractivity contribution is 5.98. The lowest BCUT2D eigenvalue weighted by atomic mass is 10.2. The molecule has 32 heteroatoms. The number of hydrogen-bond acceptors (Lipinski definition) is 22. The van der Waals surface area contributed by atoms with Crippen LogP contribution in [0, 0.1) is 67.0 Å². The van der Waals surface area contributed by atoms with Crippen LogP contribution in [0.4, 0.5) is 54.3 Å². The average molecular weight is 1960 g/mol. The van der Waals surface area contributed by atoms with E-state index in [1.165, 1.54) is 71.6 Å². The zero-order valence-electron chi connectivity index (χ0n) is 90.2. The molecule has 0 saturated carbocycles. The maximum absolute atomic E-state index is 13.5. The van der Waals surface area contributed by atoms with Gasteiger partial charge < -0.3 is 39.2 Å². The Bertz CT molecular complexity index is 4660. The first-order chi connectivity index (χ1) is 67.6. The van der Waals surface area contributed by atoms with Gasteiger partial charge in [-0.05, 0) is 323 Å². The molecule has 0 unspecified atom stereocenters. The molecule has 0 radical (unpaired) electrons. The maximum Gasteiger partial charge on any atom is 0.240 e. The summed E-state index contributed by atoms with van der Waals surface area (Å²) in [6.45, 7) is 39.3. The van der Waals surface area contributed by atoms with E-state index in [0.717, 1.165) is 188 Å². The van der Waals surface area contributed by atoms with Gasteiger partial charge in [-0.15, -0.1) is 0 Å². The highest BCUT2D eigenvalue weighted by Gasteiger charge is 2.26. The summed E-state index contributed by atoms with van der Waals surface area (Å²) >= 11 is 0. The van der Waals surface area contributed by atoms with Gasteiger partial charge in [0.25, 0.3) is 0 Å². The molecule has 0 aliphatic carbocycles. The third-order valence-corrected chi connectivity index (χ3v) is 25.2. The third-order valence-electron chi connectivity index (χ3n) is 25.2. The van der Waals surface area contributed by atoms with Crippen molar-refractivity contribution in [1.82, 2.24) is 69.1 Å². The van der Waals surface area contributed by atoms with Crippen molar-refractivity contribution < 1.29 is 47.1 Å². The largest absolute Gasteiger partial charge is 0.314 e. The number of amides is 8. The summed E-state index contributed by atoms with van der Waals surface area (Å²) in [6.07, 6.45) is 28.8. The number of carbonyl (C=O) groups excluding carboxylic acids is 8. The van der Waals surface area contributed by atoms with Gasteiger partial charge in [-0.2, -0.15) is 0 Å². The van der Waals surface area contributed by atoms with Crippen molar-refractivity contribution >= 4 is 92.8 Å². The lowest BCUT2D eigenvalue weighted by Crippen LogP contribution is -2.37. The van der Waals surface area contributed by atoms with Gasteiger partial charge in [-0.1, -0.05) is 101 Å². The molecule has 4 aromatic carbocycles. The number of anilines is 8. The summed E-state index contributed by atoms with van der Waals surface area (Å²) in [6, 6.07) is 33.5. The molecule has 12 rings (SSSR count). The second-order valence-electron chi connectivity index (χ2n) is 37.8. The van der Waals surface area contributed by atoms with Gasteiger partial charge >= 0.3 is 0 Å². The second kappa shape index (κ2) is 65.7. The van der Waals surface area contributed by atoms with Crippen molar-refractivity contribution in [2.75, 3.05) is 255 Å². The first-order valence-corrected chi connectivity index (χ1v) is 50.5. The van der Waals surface area contributed by atoms with Crippen LogP contribution < -0.4 is 39.2 Å². The number of unbranched alkanes of at least 4 members (excludes halogenated alkanes) is 4. The summed E-state index contributed by atoms with van der Waals surface area (Å²) in [4.78, 5) is 151. The number of pyridine rings is 2. The van der Waals surface area contributed by atoms with Gasteiger partial charge in [-0.25, -0.2) is 28.7 Å². The lowest BCUT2D eigenvalue weighted by molar-refractivity contribution is -0.120. The Hall–Kier alpha value is -11.4. The number of halogens is 2. The third kappa shape index (κ3) is 45.5. The fraction of sp³-hybridized carbons (Fsp3) is 0.545. The molecule has 0 spiro atoms. The van der Waals surface area contributed by atoms with E-state index < -0.39 is 0 Å². The van der Waals surface area contributed by atoms with E-state index in [1.807, 2.05) is 167 Å². The number of benzene rings is 4. The van der Waals surface area contributed by atoms with E-state index in [2.05, 4.69) is 93.9 Å². The zero-order valence-corrected chi connectivity index (χ0v) is 90.2. The van der Waals surface area contributed by atoms with Crippen molar-refractivity contribution in [2.24, 2.45) is 0 Å². The number of carbonyl (C=O) groups is 8. The van der Waals surface area contributed by atoms with Gasteiger partial charge in [0.05, 0.1) is 112 Å². The van der Waals surface area contributed by atoms with Crippen molar-refractivity contribution in [3.8, 4) is 0 Å². The van der Waals surface area contributed by atoms with Crippen molar-refractivity contribution in [2.45, 2.75) is 186 Å². The Labute approximate surface area is 848 Å². The van der Waals surface area contributed by atoms with Crippen molar-refractivity contribution in [3.05, 3.63) is 203 Å². The number of nitrogens with zero attached hydrogens (tertiary/aromatic N) is 22. The summed E-state index contributed by atoms with van der Waals surface area (Å²) in [5.41, 5.74) is 11.9. The van der Waals surface area contributed by atoms with E-state index in [-0.39, 0.29) is 58.9 Å². The Morgan fingerprint density at radius 2 is 0.465 bits per heavy atom. The Morgan fingerprint density at radius 1 is 0.261 bits per heavy atom. The van der Waals surface area contributed by atoms with Gasteiger partial charge in [0, 0.05) is 90.5 Å². The predicted molar refractivity (Wildman–Crippen MR) is 576 cm³/mol. The maximum atomic E-state index is 13.5. The fourth-order valence-electron chi connectivity index (χ4n) is 15.0. The van der Waals surface area contributed by atoms with Gasteiger partial charge in [0.2, 0.25) is 47.3 Å². The fourth-order valence-corrected chi connectivity index (χ4v) is 15.0. The molecule has 0 N–H and O–H groups in total. The SMILES string of the molecule is CCCCN(C)CC(=O)N(C)c1ccc(C)c(F)c1.CCCCN(C)CC(=O)N(C)c1ccc(C)cc1.CCCCN(C)CC(=O)N(C)c1ccc(C)nc1.CCCCN(C)CC(=O)N(C)c1cnc(C)nc1.Cc1ccc(N(C)C(=O)CN2CCCC2)cc1.Cc1ccc(N(C)C(=O)CN2CCCC2)cc1F.Cc1ccc(N(C)C(=O)CN2CCCC2)cn1.Cc1ncc(N(C)C(=O)CN2CCCC2)cn1. The molecule has 4 aliphatic rings. The minimum atomic E-state index is -0.281. The molecule has 8 amide bonds. The monoisotopic (exact) mass is 1960 g/mol. The summed E-state index contributed by atoms with van der Waals surface area (Å²) in [5, 5.41) is 0. The van der Waals surface area contributed by atoms with E-state index >= 15 is 0 Å². The van der Waals surface area contributed by atoms with Crippen LogP contribution in [-0.2, 0) is 38.4 Å². The predicted octanol–water partition coefficient (Wildman–Crippen LogP) is 15.6. The second-order valence-corrected chi connectivity index (χ2v) is 37.8. The molecule has 8 heterocycles. The number of aryl methyl sites for hydroxylation is 8. The quantitative estimate of drug-likeness (QED) is 0.0353. The minimum Gasteiger partial charge on any atom is -0.314 e.